The highest BCUT2D eigenvalue weighted by Gasteiger charge is 2.28. The Morgan fingerprint density at radius 3 is 2.76 bits per heavy atom. The molecule has 0 amide bonds. The first-order chi connectivity index (χ1) is 16.1. The van der Waals surface area contributed by atoms with E-state index >= 15 is 0 Å². The Morgan fingerprint density at radius 2 is 1.94 bits per heavy atom. The third-order valence-corrected chi connectivity index (χ3v) is 6.95. The van der Waals surface area contributed by atoms with Crippen molar-refractivity contribution in [3.63, 3.8) is 0 Å². The highest BCUT2D eigenvalue weighted by Crippen LogP contribution is 2.39. The zero-order valence-electron chi connectivity index (χ0n) is 18.8. The standard InChI is InChI=1S/C25H28N8/c1-25(26)9-13-32(14-10-25)21-16-28-22-23(29-21)30-31-24(22)33-12-4-7-19-18(6-2-8-20(19)33)17-5-3-11-27-15-17/h2-3,5-6,8,11,15-16H,4,7,9-10,12-14,26H2,1H3,(H,29,30,31). The molecule has 0 bridgehead atoms. The van der Waals surface area contributed by atoms with Crippen LogP contribution in [0.2, 0.25) is 0 Å². The van der Waals surface area contributed by atoms with Crippen LogP contribution >= 0.6 is 0 Å². The molecular formula is C25H28N8. The van der Waals surface area contributed by atoms with Crippen molar-refractivity contribution >= 4 is 28.5 Å². The van der Waals surface area contributed by atoms with Crippen LogP contribution in [0.1, 0.15) is 31.7 Å². The molecular weight excluding hydrogens is 412 g/mol. The molecule has 8 nitrogen and oxygen atoms in total. The molecule has 0 radical (unpaired) electrons. The Labute approximate surface area is 192 Å². The number of piperidine rings is 1. The molecule has 2 aliphatic rings. The van der Waals surface area contributed by atoms with Gasteiger partial charge in [0.1, 0.15) is 5.82 Å². The highest BCUT2D eigenvalue weighted by molar-refractivity contribution is 5.89. The lowest BCUT2D eigenvalue weighted by Crippen LogP contribution is -2.48. The van der Waals surface area contributed by atoms with E-state index in [4.69, 9.17) is 15.7 Å². The van der Waals surface area contributed by atoms with Gasteiger partial charge < -0.3 is 15.5 Å². The van der Waals surface area contributed by atoms with E-state index in [0.29, 0.717) is 0 Å². The quantitative estimate of drug-likeness (QED) is 0.500. The molecule has 5 heterocycles. The number of rotatable bonds is 3. The van der Waals surface area contributed by atoms with Crippen LogP contribution in [0.15, 0.2) is 48.9 Å². The Kier molecular flexibility index (Phi) is 4.76. The molecule has 1 aromatic carbocycles. The summed E-state index contributed by atoms with van der Waals surface area (Å²) in [5.41, 5.74) is 12.6. The van der Waals surface area contributed by atoms with Crippen LogP contribution in [-0.4, -0.2) is 50.3 Å². The van der Waals surface area contributed by atoms with E-state index in [0.717, 1.165) is 73.7 Å². The van der Waals surface area contributed by atoms with Crippen LogP contribution in [0.3, 0.4) is 0 Å². The fraction of sp³-hybridized carbons (Fsp3) is 0.360. The summed E-state index contributed by atoms with van der Waals surface area (Å²) in [7, 11) is 0. The number of H-pyrrole nitrogens is 1. The Balaban J connectivity index is 1.35. The van der Waals surface area contributed by atoms with Gasteiger partial charge in [0, 0.05) is 48.8 Å². The maximum Gasteiger partial charge on any atom is 0.183 e. The molecule has 6 rings (SSSR count). The average Bonchev–Trinajstić information content (AvgIpc) is 3.27. The van der Waals surface area contributed by atoms with Crippen molar-refractivity contribution in [1.82, 2.24) is 25.1 Å². The van der Waals surface area contributed by atoms with Gasteiger partial charge in [0.05, 0.1) is 6.20 Å². The first-order valence-electron chi connectivity index (χ1n) is 11.6. The Bertz CT molecular complexity index is 1290. The lowest BCUT2D eigenvalue weighted by atomic mass is 9.91. The lowest BCUT2D eigenvalue weighted by Gasteiger charge is -2.37. The number of benzene rings is 1. The lowest BCUT2D eigenvalue weighted by molar-refractivity contribution is 0.363. The fourth-order valence-electron chi connectivity index (χ4n) is 5.00. The predicted octanol–water partition coefficient (Wildman–Crippen LogP) is 3.82. The summed E-state index contributed by atoms with van der Waals surface area (Å²) in [6, 6.07) is 10.6. The second kappa shape index (κ2) is 7.81. The van der Waals surface area contributed by atoms with Crippen molar-refractivity contribution in [3.8, 4) is 11.1 Å². The molecule has 33 heavy (non-hydrogen) atoms. The van der Waals surface area contributed by atoms with Crippen molar-refractivity contribution in [1.29, 1.82) is 0 Å². The molecule has 2 aliphatic heterocycles. The van der Waals surface area contributed by atoms with E-state index in [-0.39, 0.29) is 5.54 Å². The van der Waals surface area contributed by atoms with Gasteiger partial charge >= 0.3 is 0 Å². The molecule has 3 N–H and O–H groups in total. The van der Waals surface area contributed by atoms with Crippen LogP contribution in [0.5, 0.6) is 0 Å². The van der Waals surface area contributed by atoms with Crippen molar-refractivity contribution in [3.05, 3.63) is 54.5 Å². The zero-order chi connectivity index (χ0) is 22.4. The molecule has 3 aromatic heterocycles. The van der Waals surface area contributed by atoms with Gasteiger partial charge in [-0.2, -0.15) is 5.10 Å². The summed E-state index contributed by atoms with van der Waals surface area (Å²) in [5.74, 6) is 1.72. The molecule has 0 unspecified atom stereocenters. The Hall–Kier alpha value is -3.52. The second-order valence-electron chi connectivity index (χ2n) is 9.41. The predicted molar refractivity (Wildman–Crippen MR) is 131 cm³/mol. The first kappa shape index (κ1) is 20.1. The molecule has 0 spiro atoms. The molecule has 1 fully saturated rings. The SMILES string of the molecule is CC1(N)CCN(c2cnc3c(N4CCCc5c(-c6cccnc6)cccc54)n[nH]c3n2)CC1. The summed E-state index contributed by atoms with van der Waals surface area (Å²) in [5, 5.41) is 7.79. The largest absolute Gasteiger partial charge is 0.355 e. The number of fused-ring (bicyclic) bond motifs is 2. The molecule has 168 valence electrons. The van der Waals surface area contributed by atoms with Gasteiger partial charge in [0.25, 0.3) is 0 Å². The van der Waals surface area contributed by atoms with Gasteiger partial charge in [0.2, 0.25) is 0 Å². The number of hydrogen-bond acceptors (Lipinski definition) is 7. The van der Waals surface area contributed by atoms with Crippen molar-refractivity contribution in [2.75, 3.05) is 29.4 Å². The molecule has 4 aromatic rings. The van der Waals surface area contributed by atoms with Crippen LogP contribution in [0.25, 0.3) is 22.3 Å². The van der Waals surface area contributed by atoms with Gasteiger partial charge in [-0.15, -0.1) is 0 Å². The maximum atomic E-state index is 6.29. The molecule has 1 saturated heterocycles. The van der Waals surface area contributed by atoms with Gasteiger partial charge in [-0.05, 0) is 55.9 Å². The monoisotopic (exact) mass is 440 g/mol. The molecule has 0 saturated carbocycles. The third kappa shape index (κ3) is 3.60. The third-order valence-electron chi connectivity index (χ3n) is 6.95. The van der Waals surface area contributed by atoms with E-state index in [1.165, 1.54) is 16.8 Å². The average molecular weight is 441 g/mol. The minimum absolute atomic E-state index is 0.0918. The van der Waals surface area contributed by atoms with Crippen molar-refractivity contribution < 1.29 is 0 Å². The number of nitrogens with zero attached hydrogens (tertiary/aromatic N) is 6. The van der Waals surface area contributed by atoms with Gasteiger partial charge in [-0.25, -0.2) is 9.97 Å². The summed E-state index contributed by atoms with van der Waals surface area (Å²) in [6.45, 7) is 4.81. The van der Waals surface area contributed by atoms with Crippen molar-refractivity contribution in [2.45, 2.75) is 38.1 Å². The van der Waals surface area contributed by atoms with Crippen LogP contribution in [0, 0.1) is 0 Å². The van der Waals surface area contributed by atoms with Gasteiger partial charge in [-0.3, -0.25) is 10.1 Å². The Morgan fingerprint density at radius 1 is 1.06 bits per heavy atom. The normalized spacial score (nSPS) is 17.9. The van der Waals surface area contributed by atoms with Gasteiger partial charge in [-0.1, -0.05) is 18.2 Å². The smallest absolute Gasteiger partial charge is 0.183 e. The molecule has 0 aliphatic carbocycles. The minimum atomic E-state index is -0.0918. The first-order valence-corrected chi connectivity index (χ1v) is 11.6. The summed E-state index contributed by atoms with van der Waals surface area (Å²) in [6.07, 6.45) is 9.60. The number of aromatic nitrogens is 5. The topological polar surface area (TPSA) is 99.9 Å². The van der Waals surface area contributed by atoms with E-state index in [9.17, 15) is 0 Å². The van der Waals surface area contributed by atoms with Crippen LogP contribution < -0.4 is 15.5 Å². The van der Waals surface area contributed by atoms with Crippen molar-refractivity contribution in [2.24, 2.45) is 5.73 Å². The number of aromatic amines is 1. The zero-order valence-corrected chi connectivity index (χ0v) is 18.8. The summed E-state index contributed by atoms with van der Waals surface area (Å²) >= 11 is 0. The maximum absolute atomic E-state index is 6.29. The van der Waals surface area contributed by atoms with Crippen LogP contribution in [0.4, 0.5) is 17.3 Å². The molecule has 0 atom stereocenters. The number of pyridine rings is 1. The van der Waals surface area contributed by atoms with E-state index in [1.807, 2.05) is 24.7 Å². The van der Waals surface area contributed by atoms with E-state index in [2.05, 4.69) is 56.2 Å². The second-order valence-corrected chi connectivity index (χ2v) is 9.41. The number of nitrogens with two attached hydrogens (primary N) is 1. The number of hydrogen-bond donors (Lipinski definition) is 2. The summed E-state index contributed by atoms with van der Waals surface area (Å²) < 4.78 is 0. The minimum Gasteiger partial charge on any atom is -0.355 e. The number of anilines is 3. The summed E-state index contributed by atoms with van der Waals surface area (Å²) in [4.78, 5) is 18.5. The van der Waals surface area contributed by atoms with E-state index in [1.54, 1.807) is 0 Å². The number of nitrogens with one attached hydrogen (secondary N) is 1. The molecule has 8 heteroatoms. The van der Waals surface area contributed by atoms with Gasteiger partial charge in [0.15, 0.2) is 17.0 Å². The van der Waals surface area contributed by atoms with E-state index < -0.39 is 0 Å². The highest BCUT2D eigenvalue weighted by atomic mass is 15.3. The fourth-order valence-corrected chi connectivity index (χ4v) is 5.00. The van der Waals surface area contributed by atoms with Crippen LogP contribution in [-0.2, 0) is 6.42 Å².